The number of methoxy groups -OCH3 is 1. The summed E-state index contributed by atoms with van der Waals surface area (Å²) in [5.41, 5.74) is -0.298. The first-order valence-corrected chi connectivity index (χ1v) is 13.3. The minimum atomic E-state index is -0.742. The van der Waals surface area contributed by atoms with Crippen molar-refractivity contribution >= 4 is 31.3 Å². The van der Waals surface area contributed by atoms with Crippen LogP contribution in [0.3, 0.4) is 0 Å². The molecule has 1 saturated heterocycles. The van der Waals surface area contributed by atoms with Crippen LogP contribution >= 0.6 is 0 Å². The number of Topliss-reactive ketones (excluding diaryl/α,β-unsaturated/α-hetero) is 1. The zero-order valence-electron chi connectivity index (χ0n) is 21.4. The van der Waals surface area contributed by atoms with Crippen molar-refractivity contribution in [2.75, 3.05) is 54.4 Å². The first-order chi connectivity index (χ1) is 16.6. The van der Waals surface area contributed by atoms with Crippen LogP contribution in [0, 0.1) is 0 Å². The average Bonchev–Trinajstić information content (AvgIpc) is 3.10. The van der Waals surface area contributed by atoms with E-state index in [0.29, 0.717) is 18.8 Å². The second-order valence-electron chi connectivity index (χ2n) is 9.33. The van der Waals surface area contributed by atoms with Crippen LogP contribution in [0.4, 0.5) is 4.79 Å². The SMILES string of the molecule is COCCOCO[C@H]([C@@H](CO)[Se]c1ccccc1)[C@@H]1/C(=C/N(C)C)C(=O)CN1C(=O)OC(C)(C)C. The van der Waals surface area contributed by atoms with Gasteiger partial charge >= 0.3 is 215 Å². The average molecular weight is 558 g/mol. The number of carbonyl (C=O) groups excluding carboxylic acids is 2. The van der Waals surface area contributed by atoms with Crippen LogP contribution in [0.5, 0.6) is 0 Å². The van der Waals surface area contributed by atoms with E-state index in [0.717, 1.165) is 4.46 Å². The third kappa shape index (κ3) is 9.22. The number of ketones is 1. The van der Waals surface area contributed by atoms with Gasteiger partial charge in [-0.05, 0) is 0 Å². The Morgan fingerprint density at radius 2 is 1.94 bits per heavy atom. The molecule has 1 aromatic carbocycles. The molecule has 1 N–H and O–H groups in total. The molecule has 0 spiro atoms. The van der Waals surface area contributed by atoms with Crippen LogP contribution < -0.4 is 4.46 Å². The van der Waals surface area contributed by atoms with E-state index in [2.05, 4.69) is 0 Å². The summed E-state index contributed by atoms with van der Waals surface area (Å²) in [6, 6.07) is 9.07. The third-order valence-corrected chi connectivity index (χ3v) is 7.63. The van der Waals surface area contributed by atoms with Gasteiger partial charge < -0.3 is 0 Å². The maximum absolute atomic E-state index is 13.2. The third-order valence-electron chi connectivity index (χ3n) is 4.98. The molecule has 1 amide bonds. The molecule has 0 unspecified atom stereocenters. The van der Waals surface area contributed by atoms with E-state index >= 15 is 0 Å². The van der Waals surface area contributed by atoms with Gasteiger partial charge in [-0.15, -0.1) is 0 Å². The van der Waals surface area contributed by atoms with Crippen LogP contribution in [0.1, 0.15) is 20.8 Å². The summed E-state index contributed by atoms with van der Waals surface area (Å²) in [5.74, 6) is -0.188. The molecule has 10 heteroatoms. The van der Waals surface area contributed by atoms with Crippen molar-refractivity contribution in [3.8, 4) is 0 Å². The van der Waals surface area contributed by atoms with E-state index in [4.69, 9.17) is 18.9 Å². The first-order valence-electron chi connectivity index (χ1n) is 11.5. The first kappa shape index (κ1) is 29.3. The van der Waals surface area contributed by atoms with Gasteiger partial charge in [-0.3, -0.25) is 0 Å². The van der Waals surface area contributed by atoms with Gasteiger partial charge in [0.25, 0.3) is 0 Å². The molecule has 9 nitrogen and oxygen atoms in total. The van der Waals surface area contributed by atoms with Crippen LogP contribution in [-0.4, -0.2) is 114 Å². The topological polar surface area (TPSA) is 97.8 Å². The predicted octanol–water partition coefficient (Wildman–Crippen LogP) is 1.44. The van der Waals surface area contributed by atoms with Crippen LogP contribution in [0.25, 0.3) is 0 Å². The Labute approximate surface area is 214 Å². The number of likely N-dealkylation sites (tertiary alicyclic amines) is 1. The second-order valence-corrected chi connectivity index (χ2v) is 12.1. The number of aliphatic hydroxyl groups is 1. The van der Waals surface area contributed by atoms with Crippen LogP contribution in [0.2, 0.25) is 4.82 Å². The Morgan fingerprint density at radius 1 is 1.26 bits per heavy atom. The fourth-order valence-electron chi connectivity index (χ4n) is 3.57. The Hall–Kier alpha value is -1.94. The summed E-state index contributed by atoms with van der Waals surface area (Å²) in [5, 5.41) is 10.4. The molecule has 196 valence electrons. The van der Waals surface area contributed by atoms with Crippen molar-refractivity contribution in [1.82, 2.24) is 9.80 Å². The molecular weight excluding hydrogens is 519 g/mol. The van der Waals surface area contributed by atoms with E-state index in [1.807, 2.05) is 44.4 Å². The zero-order chi connectivity index (χ0) is 26.0. The van der Waals surface area contributed by atoms with Gasteiger partial charge in [-0.2, -0.15) is 0 Å². The molecule has 0 saturated carbocycles. The summed E-state index contributed by atoms with van der Waals surface area (Å²) in [6.07, 6.45) is 0.410. The zero-order valence-corrected chi connectivity index (χ0v) is 23.1. The number of nitrogens with zero attached hydrogens (tertiary/aromatic N) is 2. The number of amides is 1. The number of benzene rings is 1. The van der Waals surface area contributed by atoms with E-state index in [9.17, 15) is 14.7 Å². The summed E-state index contributed by atoms with van der Waals surface area (Å²) >= 11 is -0.207. The molecule has 1 aromatic rings. The summed E-state index contributed by atoms with van der Waals surface area (Å²) in [7, 11) is 5.21. The molecule has 1 aliphatic rings. The van der Waals surface area contributed by atoms with E-state index in [-0.39, 0.29) is 45.5 Å². The standard InChI is InChI=1S/C25H38N2O7Se/c1-25(2,3)34-24(30)27-15-20(29)19(14-26(4)5)22(27)23(33-17-32-13-12-31-6)21(16-28)35-18-10-8-7-9-11-18/h7-11,14,21-23,28H,12-13,15-17H2,1-6H3/b19-14+/t21-,22+,23-/m1/s1. The number of carbonyl (C=O) groups is 2. The number of hydrogen-bond donors (Lipinski definition) is 1. The Balaban J connectivity index is 2.45. The molecule has 3 atom stereocenters. The second kappa shape index (κ2) is 14.0. The molecule has 35 heavy (non-hydrogen) atoms. The Morgan fingerprint density at radius 3 is 2.51 bits per heavy atom. The van der Waals surface area contributed by atoms with Gasteiger partial charge in [0.15, 0.2) is 0 Å². The Bertz CT molecular complexity index is 842. The van der Waals surface area contributed by atoms with Gasteiger partial charge in [0.05, 0.1) is 0 Å². The maximum atomic E-state index is 13.2. The number of rotatable bonds is 12. The van der Waals surface area contributed by atoms with Crippen molar-refractivity contribution in [2.24, 2.45) is 0 Å². The Kier molecular flexibility index (Phi) is 11.7. The van der Waals surface area contributed by atoms with Crippen molar-refractivity contribution in [3.63, 3.8) is 0 Å². The van der Waals surface area contributed by atoms with Crippen molar-refractivity contribution in [2.45, 2.75) is 43.3 Å². The van der Waals surface area contributed by atoms with Crippen LogP contribution in [0.15, 0.2) is 42.1 Å². The fourth-order valence-corrected chi connectivity index (χ4v) is 5.88. The van der Waals surface area contributed by atoms with Gasteiger partial charge in [0, 0.05) is 0 Å². The summed E-state index contributed by atoms with van der Waals surface area (Å²) < 4.78 is 23.5. The number of hydrogen-bond acceptors (Lipinski definition) is 8. The minimum absolute atomic E-state index is 0.0719. The van der Waals surface area contributed by atoms with Crippen molar-refractivity contribution < 1.29 is 33.6 Å². The van der Waals surface area contributed by atoms with Gasteiger partial charge in [0.2, 0.25) is 0 Å². The number of ether oxygens (including phenoxy) is 4. The molecule has 1 heterocycles. The molecular formula is C25H38N2O7Se. The summed E-state index contributed by atoms with van der Waals surface area (Å²) in [6.45, 7) is 5.69. The predicted molar refractivity (Wildman–Crippen MR) is 134 cm³/mol. The van der Waals surface area contributed by atoms with Crippen molar-refractivity contribution in [3.05, 3.63) is 42.1 Å². The molecule has 0 bridgehead atoms. The van der Waals surface area contributed by atoms with E-state index in [1.54, 1.807) is 39.0 Å². The quantitative estimate of drug-likeness (QED) is 0.179. The monoisotopic (exact) mass is 558 g/mol. The van der Waals surface area contributed by atoms with Crippen molar-refractivity contribution in [1.29, 1.82) is 0 Å². The van der Waals surface area contributed by atoms with Gasteiger partial charge in [-0.25, -0.2) is 0 Å². The van der Waals surface area contributed by atoms with Gasteiger partial charge in [0.1, 0.15) is 0 Å². The molecule has 2 rings (SSSR count). The van der Waals surface area contributed by atoms with E-state index in [1.165, 1.54) is 4.90 Å². The fraction of sp³-hybridized carbons (Fsp3) is 0.600. The molecule has 1 fully saturated rings. The molecule has 0 aliphatic carbocycles. The van der Waals surface area contributed by atoms with Crippen LogP contribution in [-0.2, 0) is 23.7 Å². The summed E-state index contributed by atoms with van der Waals surface area (Å²) in [4.78, 5) is 29.1. The normalized spacial score (nSPS) is 19.2. The molecule has 0 aromatic heterocycles. The number of aliphatic hydroxyl groups excluding tert-OH is 1. The molecule has 1 aliphatic heterocycles. The van der Waals surface area contributed by atoms with E-state index < -0.39 is 23.8 Å². The molecule has 0 radical (unpaired) electrons. The van der Waals surface area contributed by atoms with Gasteiger partial charge in [-0.1, -0.05) is 0 Å².